The number of alkyl halides is 2. The molecule has 8 heteroatoms. The molecule has 3 N–H and O–H groups in total. The van der Waals surface area contributed by atoms with E-state index in [1.54, 1.807) is 0 Å². The van der Waals surface area contributed by atoms with Crippen LogP contribution in [-0.2, 0) is 0 Å². The maximum atomic E-state index is 12.9. The fourth-order valence-corrected chi connectivity index (χ4v) is 1.39. The van der Waals surface area contributed by atoms with Gasteiger partial charge in [-0.05, 0) is 18.6 Å². The summed E-state index contributed by atoms with van der Waals surface area (Å²) in [5, 5.41) is 12.6. The second-order valence-electron chi connectivity index (χ2n) is 4.00. The number of amides is 1. The lowest BCUT2D eigenvalue weighted by molar-refractivity contribution is -0.384. The van der Waals surface area contributed by atoms with E-state index < -0.39 is 29.8 Å². The Morgan fingerprint density at radius 1 is 1.53 bits per heavy atom. The minimum atomic E-state index is -3.18. The van der Waals surface area contributed by atoms with E-state index in [4.69, 9.17) is 5.73 Å². The van der Waals surface area contributed by atoms with Crippen molar-refractivity contribution in [2.75, 3.05) is 13.1 Å². The summed E-state index contributed by atoms with van der Waals surface area (Å²) in [6, 6.07) is 3.57. The number of carbonyl (C=O) groups is 1. The molecular weight excluding hydrogens is 260 g/mol. The van der Waals surface area contributed by atoms with Gasteiger partial charge in [-0.3, -0.25) is 14.9 Å². The SMILES string of the molecule is Cc1cc([N+](=O)[O-])ccc1C(=O)NCC(F)(F)CN. The molecule has 0 aliphatic rings. The van der Waals surface area contributed by atoms with Crippen LogP contribution in [0.4, 0.5) is 14.5 Å². The van der Waals surface area contributed by atoms with Crippen molar-refractivity contribution in [3.8, 4) is 0 Å². The zero-order chi connectivity index (χ0) is 14.6. The van der Waals surface area contributed by atoms with Gasteiger partial charge in [-0.1, -0.05) is 0 Å². The lowest BCUT2D eigenvalue weighted by Gasteiger charge is -2.15. The molecule has 0 aromatic heterocycles. The first-order chi connectivity index (χ1) is 8.76. The Kier molecular flexibility index (Phi) is 4.49. The van der Waals surface area contributed by atoms with Crippen molar-refractivity contribution in [3.63, 3.8) is 0 Å². The van der Waals surface area contributed by atoms with Crippen LogP contribution >= 0.6 is 0 Å². The molecule has 0 radical (unpaired) electrons. The Hall–Kier alpha value is -2.09. The highest BCUT2D eigenvalue weighted by atomic mass is 19.3. The number of carbonyl (C=O) groups excluding carboxylic acids is 1. The van der Waals surface area contributed by atoms with E-state index in [-0.39, 0.29) is 11.3 Å². The Morgan fingerprint density at radius 3 is 2.63 bits per heavy atom. The van der Waals surface area contributed by atoms with Crippen molar-refractivity contribution < 1.29 is 18.5 Å². The number of nitro benzene ring substituents is 1. The van der Waals surface area contributed by atoms with Gasteiger partial charge in [0.25, 0.3) is 17.5 Å². The number of non-ortho nitro benzene ring substituents is 1. The largest absolute Gasteiger partial charge is 0.346 e. The Morgan fingerprint density at radius 2 is 2.16 bits per heavy atom. The Labute approximate surface area is 107 Å². The summed E-state index contributed by atoms with van der Waals surface area (Å²) in [5.41, 5.74) is 5.12. The van der Waals surface area contributed by atoms with Crippen molar-refractivity contribution in [2.45, 2.75) is 12.8 Å². The summed E-state index contributed by atoms with van der Waals surface area (Å²) in [5.74, 6) is -3.90. The van der Waals surface area contributed by atoms with Gasteiger partial charge in [0.05, 0.1) is 18.0 Å². The fraction of sp³-hybridized carbons (Fsp3) is 0.364. The van der Waals surface area contributed by atoms with Gasteiger partial charge < -0.3 is 11.1 Å². The van der Waals surface area contributed by atoms with Gasteiger partial charge >= 0.3 is 0 Å². The molecule has 0 fully saturated rings. The van der Waals surface area contributed by atoms with Gasteiger partial charge in [-0.25, -0.2) is 8.78 Å². The molecule has 0 saturated heterocycles. The Balaban J connectivity index is 2.81. The molecule has 104 valence electrons. The summed E-state index contributed by atoms with van der Waals surface area (Å²) in [7, 11) is 0. The molecular formula is C11H13F2N3O3. The number of aryl methyl sites for hydroxylation is 1. The van der Waals surface area contributed by atoms with Crippen LogP contribution in [0.15, 0.2) is 18.2 Å². The molecule has 19 heavy (non-hydrogen) atoms. The number of nitrogens with two attached hydrogens (primary N) is 1. The third kappa shape index (κ3) is 3.95. The van der Waals surface area contributed by atoms with Crippen LogP contribution < -0.4 is 11.1 Å². The van der Waals surface area contributed by atoms with Crippen LogP contribution in [-0.4, -0.2) is 29.8 Å². The smallest absolute Gasteiger partial charge is 0.277 e. The Bertz CT molecular complexity index is 506. The van der Waals surface area contributed by atoms with Gasteiger partial charge in [-0.2, -0.15) is 0 Å². The molecule has 0 unspecified atom stereocenters. The summed E-state index contributed by atoms with van der Waals surface area (Å²) in [6.07, 6.45) is 0. The van der Waals surface area contributed by atoms with Gasteiger partial charge in [0, 0.05) is 17.7 Å². The standard InChI is InChI=1S/C11H13F2N3O3/c1-7-4-8(16(18)19)2-3-9(7)10(17)15-6-11(12,13)5-14/h2-4H,5-6,14H2,1H3,(H,15,17). The predicted molar refractivity (Wildman–Crippen MR) is 64.2 cm³/mol. The van der Waals surface area contributed by atoms with Crippen LogP contribution in [0.25, 0.3) is 0 Å². The number of hydrogen-bond acceptors (Lipinski definition) is 4. The molecule has 0 saturated carbocycles. The van der Waals surface area contributed by atoms with Gasteiger partial charge in [-0.15, -0.1) is 0 Å². The van der Waals surface area contributed by atoms with Gasteiger partial charge in [0.15, 0.2) is 0 Å². The van der Waals surface area contributed by atoms with E-state index in [2.05, 4.69) is 0 Å². The first-order valence-corrected chi connectivity index (χ1v) is 5.38. The number of benzene rings is 1. The highest BCUT2D eigenvalue weighted by Crippen LogP contribution is 2.17. The molecule has 1 aromatic rings. The lowest BCUT2D eigenvalue weighted by atomic mass is 10.1. The lowest BCUT2D eigenvalue weighted by Crippen LogP contribution is -2.41. The third-order valence-corrected chi connectivity index (χ3v) is 2.47. The summed E-state index contributed by atoms with van der Waals surface area (Å²) in [4.78, 5) is 21.6. The first-order valence-electron chi connectivity index (χ1n) is 5.38. The molecule has 0 bridgehead atoms. The normalized spacial score (nSPS) is 11.2. The minimum absolute atomic E-state index is 0.110. The van der Waals surface area contributed by atoms with Crippen LogP contribution in [0.3, 0.4) is 0 Å². The van der Waals surface area contributed by atoms with E-state index in [0.717, 1.165) is 6.07 Å². The van der Waals surface area contributed by atoms with Crippen molar-refractivity contribution in [1.29, 1.82) is 0 Å². The predicted octanol–water partition coefficient (Wildman–Crippen LogP) is 1.23. The fourth-order valence-electron chi connectivity index (χ4n) is 1.39. The van der Waals surface area contributed by atoms with Gasteiger partial charge in [0.2, 0.25) is 0 Å². The topological polar surface area (TPSA) is 98.3 Å². The zero-order valence-electron chi connectivity index (χ0n) is 10.2. The number of rotatable bonds is 5. The van der Waals surface area contributed by atoms with E-state index in [0.29, 0.717) is 5.56 Å². The average Bonchev–Trinajstić information content (AvgIpc) is 2.36. The number of hydrogen-bond donors (Lipinski definition) is 2. The van der Waals surface area contributed by atoms with E-state index >= 15 is 0 Å². The van der Waals surface area contributed by atoms with Crippen molar-refractivity contribution in [1.82, 2.24) is 5.32 Å². The second-order valence-corrected chi connectivity index (χ2v) is 4.00. The van der Waals surface area contributed by atoms with Crippen molar-refractivity contribution in [3.05, 3.63) is 39.4 Å². The highest BCUT2D eigenvalue weighted by Gasteiger charge is 2.27. The van der Waals surface area contributed by atoms with E-state index in [9.17, 15) is 23.7 Å². The molecule has 0 heterocycles. The summed E-state index contributed by atoms with van der Waals surface area (Å²) in [6.45, 7) is -0.256. The van der Waals surface area contributed by atoms with E-state index in [1.807, 2.05) is 5.32 Å². The van der Waals surface area contributed by atoms with Crippen molar-refractivity contribution in [2.24, 2.45) is 5.73 Å². The maximum Gasteiger partial charge on any atom is 0.277 e. The molecule has 1 aromatic carbocycles. The highest BCUT2D eigenvalue weighted by molar-refractivity contribution is 5.95. The molecule has 0 aliphatic heterocycles. The van der Waals surface area contributed by atoms with E-state index in [1.165, 1.54) is 19.1 Å². The van der Waals surface area contributed by atoms with Crippen LogP contribution in [0.5, 0.6) is 0 Å². The van der Waals surface area contributed by atoms with Crippen LogP contribution in [0, 0.1) is 17.0 Å². The zero-order valence-corrected chi connectivity index (χ0v) is 10.2. The summed E-state index contributed by atoms with van der Waals surface area (Å²) >= 11 is 0. The first kappa shape index (κ1) is 15.0. The minimum Gasteiger partial charge on any atom is -0.346 e. The molecule has 0 spiro atoms. The van der Waals surface area contributed by atoms with Crippen LogP contribution in [0.1, 0.15) is 15.9 Å². The number of nitrogens with one attached hydrogen (secondary N) is 1. The number of nitro groups is 1. The van der Waals surface area contributed by atoms with Crippen LogP contribution in [0.2, 0.25) is 0 Å². The molecule has 0 aliphatic carbocycles. The number of nitrogens with zero attached hydrogens (tertiary/aromatic N) is 1. The van der Waals surface area contributed by atoms with Gasteiger partial charge in [0.1, 0.15) is 0 Å². The van der Waals surface area contributed by atoms with Crippen molar-refractivity contribution >= 4 is 11.6 Å². The molecule has 1 rings (SSSR count). The summed E-state index contributed by atoms with van der Waals surface area (Å²) < 4.78 is 25.7. The second kappa shape index (κ2) is 5.70. The molecule has 0 atom stereocenters. The maximum absolute atomic E-state index is 12.9. The monoisotopic (exact) mass is 273 g/mol. The molecule has 6 nitrogen and oxygen atoms in total. The third-order valence-electron chi connectivity index (χ3n) is 2.47. The molecule has 1 amide bonds. The average molecular weight is 273 g/mol. The number of halogens is 2. The quantitative estimate of drug-likeness (QED) is 0.622.